The smallest absolute Gasteiger partial charge is 0.411 e. The highest BCUT2D eigenvalue weighted by Crippen LogP contribution is 2.17. The SMILES string of the molecule is CCCOC(=O)Nc1cccc(OCCN)c1. The minimum absolute atomic E-state index is 0.412. The van der Waals surface area contributed by atoms with Crippen molar-refractivity contribution >= 4 is 11.8 Å². The Labute approximate surface area is 101 Å². The summed E-state index contributed by atoms with van der Waals surface area (Å²) in [6.45, 7) is 3.25. The topological polar surface area (TPSA) is 73.6 Å². The maximum atomic E-state index is 11.3. The van der Waals surface area contributed by atoms with Gasteiger partial charge in [-0.05, 0) is 18.6 Å². The Hall–Kier alpha value is -1.75. The number of hydrogen-bond acceptors (Lipinski definition) is 4. The molecular weight excluding hydrogens is 220 g/mol. The number of anilines is 1. The average Bonchev–Trinajstić information content (AvgIpc) is 2.34. The van der Waals surface area contributed by atoms with Crippen LogP contribution >= 0.6 is 0 Å². The van der Waals surface area contributed by atoms with Crippen molar-refractivity contribution in [1.29, 1.82) is 0 Å². The molecule has 0 spiro atoms. The van der Waals surface area contributed by atoms with Crippen molar-refractivity contribution in [3.05, 3.63) is 24.3 Å². The highest BCUT2D eigenvalue weighted by Gasteiger charge is 2.03. The molecule has 0 aliphatic heterocycles. The Morgan fingerprint density at radius 3 is 2.94 bits per heavy atom. The van der Waals surface area contributed by atoms with Crippen LogP contribution in [0.5, 0.6) is 5.75 Å². The van der Waals surface area contributed by atoms with Crippen LogP contribution in [0.25, 0.3) is 0 Å². The molecule has 17 heavy (non-hydrogen) atoms. The van der Waals surface area contributed by atoms with E-state index in [1.807, 2.05) is 6.92 Å². The minimum atomic E-state index is -0.456. The lowest BCUT2D eigenvalue weighted by molar-refractivity contribution is 0.161. The second kappa shape index (κ2) is 7.51. The van der Waals surface area contributed by atoms with Gasteiger partial charge in [-0.3, -0.25) is 5.32 Å². The van der Waals surface area contributed by atoms with Crippen molar-refractivity contribution in [2.45, 2.75) is 13.3 Å². The van der Waals surface area contributed by atoms with Gasteiger partial charge in [0.15, 0.2) is 0 Å². The molecule has 3 N–H and O–H groups in total. The van der Waals surface area contributed by atoms with E-state index in [4.69, 9.17) is 15.2 Å². The first-order valence-electron chi connectivity index (χ1n) is 5.63. The van der Waals surface area contributed by atoms with Crippen molar-refractivity contribution in [1.82, 2.24) is 0 Å². The number of carbonyl (C=O) groups excluding carboxylic acids is 1. The van der Waals surface area contributed by atoms with Gasteiger partial charge in [-0.25, -0.2) is 4.79 Å². The second-order valence-corrected chi connectivity index (χ2v) is 3.43. The number of rotatable bonds is 6. The molecule has 1 aromatic carbocycles. The van der Waals surface area contributed by atoms with Crippen molar-refractivity contribution in [2.75, 3.05) is 25.1 Å². The van der Waals surface area contributed by atoms with E-state index in [9.17, 15) is 4.79 Å². The van der Waals surface area contributed by atoms with E-state index in [2.05, 4.69) is 5.32 Å². The number of amides is 1. The van der Waals surface area contributed by atoms with Crippen molar-refractivity contribution in [3.63, 3.8) is 0 Å². The maximum absolute atomic E-state index is 11.3. The normalized spacial score (nSPS) is 9.76. The molecule has 1 aromatic rings. The summed E-state index contributed by atoms with van der Waals surface area (Å²) in [6.07, 6.45) is 0.343. The van der Waals surface area contributed by atoms with Crippen LogP contribution in [0.4, 0.5) is 10.5 Å². The zero-order valence-corrected chi connectivity index (χ0v) is 9.94. The molecule has 0 saturated heterocycles. The highest BCUT2D eigenvalue weighted by molar-refractivity contribution is 5.84. The third-order valence-corrected chi connectivity index (χ3v) is 1.90. The first-order chi connectivity index (χ1) is 8.26. The summed E-state index contributed by atoms with van der Waals surface area (Å²) < 4.78 is 10.2. The van der Waals surface area contributed by atoms with E-state index >= 15 is 0 Å². The van der Waals surface area contributed by atoms with Crippen molar-refractivity contribution < 1.29 is 14.3 Å². The zero-order chi connectivity index (χ0) is 12.5. The predicted molar refractivity (Wildman–Crippen MR) is 66.3 cm³/mol. The van der Waals surface area contributed by atoms with Gasteiger partial charge in [0.05, 0.1) is 6.61 Å². The van der Waals surface area contributed by atoms with Gasteiger partial charge in [0, 0.05) is 18.3 Å². The average molecular weight is 238 g/mol. The number of carbonyl (C=O) groups is 1. The van der Waals surface area contributed by atoms with Crippen LogP contribution in [0, 0.1) is 0 Å². The van der Waals surface area contributed by atoms with Crippen LogP contribution in [0.1, 0.15) is 13.3 Å². The first-order valence-corrected chi connectivity index (χ1v) is 5.63. The van der Waals surface area contributed by atoms with Gasteiger partial charge in [-0.15, -0.1) is 0 Å². The largest absolute Gasteiger partial charge is 0.492 e. The summed E-state index contributed by atoms with van der Waals surface area (Å²) in [5.74, 6) is 0.670. The van der Waals surface area contributed by atoms with E-state index in [-0.39, 0.29) is 0 Å². The summed E-state index contributed by atoms with van der Waals surface area (Å²) in [7, 11) is 0. The Morgan fingerprint density at radius 2 is 2.24 bits per heavy atom. The molecule has 0 saturated carbocycles. The number of benzene rings is 1. The Balaban J connectivity index is 2.50. The molecule has 0 aliphatic rings. The fraction of sp³-hybridized carbons (Fsp3) is 0.417. The van der Waals surface area contributed by atoms with Gasteiger partial charge in [-0.2, -0.15) is 0 Å². The zero-order valence-electron chi connectivity index (χ0n) is 9.94. The molecule has 1 rings (SSSR count). The number of ether oxygens (including phenoxy) is 2. The van der Waals surface area contributed by atoms with Crippen molar-refractivity contribution in [3.8, 4) is 5.75 Å². The van der Waals surface area contributed by atoms with Gasteiger partial charge in [-0.1, -0.05) is 13.0 Å². The van der Waals surface area contributed by atoms with E-state index in [0.717, 1.165) is 6.42 Å². The van der Waals surface area contributed by atoms with Crippen LogP contribution in [-0.4, -0.2) is 25.9 Å². The van der Waals surface area contributed by atoms with Crippen LogP contribution in [-0.2, 0) is 4.74 Å². The van der Waals surface area contributed by atoms with Gasteiger partial charge in [0.1, 0.15) is 12.4 Å². The summed E-state index contributed by atoms with van der Waals surface area (Å²) in [6, 6.07) is 7.09. The molecule has 0 radical (unpaired) electrons. The molecule has 0 fully saturated rings. The van der Waals surface area contributed by atoms with E-state index < -0.39 is 6.09 Å². The van der Waals surface area contributed by atoms with Gasteiger partial charge >= 0.3 is 6.09 Å². The summed E-state index contributed by atoms with van der Waals surface area (Å²) in [5.41, 5.74) is 5.97. The Bertz CT molecular complexity index is 355. The minimum Gasteiger partial charge on any atom is -0.492 e. The highest BCUT2D eigenvalue weighted by atomic mass is 16.5. The van der Waals surface area contributed by atoms with E-state index in [1.54, 1.807) is 24.3 Å². The van der Waals surface area contributed by atoms with Gasteiger partial charge in [0.25, 0.3) is 0 Å². The maximum Gasteiger partial charge on any atom is 0.411 e. The third-order valence-electron chi connectivity index (χ3n) is 1.90. The fourth-order valence-electron chi connectivity index (χ4n) is 1.19. The summed E-state index contributed by atoms with van der Waals surface area (Å²) in [4.78, 5) is 11.3. The van der Waals surface area contributed by atoms with Crippen molar-refractivity contribution in [2.24, 2.45) is 5.73 Å². The van der Waals surface area contributed by atoms with Crippen LogP contribution < -0.4 is 15.8 Å². The van der Waals surface area contributed by atoms with Crippen LogP contribution in [0.3, 0.4) is 0 Å². The standard InChI is InChI=1S/C12H18N2O3/c1-2-7-17-12(15)14-10-4-3-5-11(9-10)16-8-6-13/h3-5,9H,2,6-8,13H2,1H3,(H,14,15). The second-order valence-electron chi connectivity index (χ2n) is 3.43. The quantitative estimate of drug-likeness (QED) is 0.794. The Morgan fingerprint density at radius 1 is 1.41 bits per heavy atom. The van der Waals surface area contributed by atoms with Gasteiger partial charge in [0.2, 0.25) is 0 Å². The molecule has 0 heterocycles. The monoisotopic (exact) mass is 238 g/mol. The molecule has 1 amide bonds. The summed E-state index contributed by atoms with van der Waals surface area (Å²) in [5, 5.41) is 2.62. The third kappa shape index (κ3) is 5.21. The molecule has 5 heteroatoms. The molecule has 5 nitrogen and oxygen atoms in total. The molecule has 0 aliphatic carbocycles. The lowest BCUT2D eigenvalue weighted by atomic mass is 10.3. The van der Waals surface area contributed by atoms with E-state index in [0.29, 0.717) is 31.2 Å². The lowest BCUT2D eigenvalue weighted by Gasteiger charge is -2.08. The summed E-state index contributed by atoms with van der Waals surface area (Å²) >= 11 is 0. The van der Waals surface area contributed by atoms with Crippen LogP contribution in [0.2, 0.25) is 0 Å². The molecule has 0 aromatic heterocycles. The van der Waals surface area contributed by atoms with Crippen LogP contribution in [0.15, 0.2) is 24.3 Å². The molecule has 0 unspecified atom stereocenters. The first kappa shape index (κ1) is 13.3. The molecule has 0 bridgehead atoms. The Kier molecular flexibility index (Phi) is 5.88. The van der Waals surface area contributed by atoms with E-state index in [1.165, 1.54) is 0 Å². The number of nitrogens with two attached hydrogens (primary N) is 1. The molecule has 94 valence electrons. The lowest BCUT2D eigenvalue weighted by Crippen LogP contribution is -2.14. The fourth-order valence-corrected chi connectivity index (χ4v) is 1.19. The number of nitrogens with one attached hydrogen (secondary N) is 1. The van der Waals surface area contributed by atoms with Gasteiger partial charge < -0.3 is 15.2 Å². The number of hydrogen-bond donors (Lipinski definition) is 2. The molecule has 0 atom stereocenters. The molecular formula is C12H18N2O3. The predicted octanol–water partition coefficient (Wildman–Crippen LogP) is 1.98.